The van der Waals surface area contributed by atoms with Crippen LogP contribution in [0.1, 0.15) is 17.0 Å². The van der Waals surface area contributed by atoms with Gasteiger partial charge in [-0.2, -0.15) is 0 Å². The number of rotatable bonds is 1. The van der Waals surface area contributed by atoms with Gasteiger partial charge in [0.1, 0.15) is 0 Å². The second-order valence-electron chi connectivity index (χ2n) is 5.70. The molecular weight excluding hydrogens is 304 g/mol. The van der Waals surface area contributed by atoms with Crippen LogP contribution < -0.4 is 10.9 Å². The van der Waals surface area contributed by atoms with Crippen LogP contribution in [0.15, 0.2) is 29.1 Å². The largest absolute Gasteiger partial charge is 0.331 e. The molecule has 2 N–H and O–H groups in total. The minimum atomic E-state index is -0.260. The van der Waals surface area contributed by atoms with Gasteiger partial charge < -0.3 is 15.2 Å². The molecule has 0 aliphatic carbocycles. The molecule has 1 aromatic carbocycles. The van der Waals surface area contributed by atoms with Crippen molar-refractivity contribution in [2.75, 3.05) is 19.6 Å². The fraction of sp³-hybridized carbons (Fsp3) is 0.400. The number of para-hydroxylation sites is 1. The highest BCUT2D eigenvalue weighted by Gasteiger charge is 2.40. The van der Waals surface area contributed by atoms with E-state index in [-0.39, 0.29) is 35.7 Å². The fourth-order valence-corrected chi connectivity index (χ4v) is 3.43. The van der Waals surface area contributed by atoms with Gasteiger partial charge in [0.25, 0.3) is 11.5 Å². The molecule has 3 heterocycles. The molecule has 0 unspecified atom stereocenters. The van der Waals surface area contributed by atoms with Crippen molar-refractivity contribution in [3.63, 3.8) is 0 Å². The van der Waals surface area contributed by atoms with Gasteiger partial charge in [-0.15, -0.1) is 12.4 Å². The Balaban J connectivity index is 0.00000144. The number of carbonyl (C=O) groups excluding carboxylic acids is 1. The summed E-state index contributed by atoms with van der Waals surface area (Å²) in [5, 5.41) is 3.83. The number of amides is 1. The molecule has 0 radical (unpaired) electrons. The van der Waals surface area contributed by atoms with E-state index in [0.29, 0.717) is 16.8 Å². The molecule has 0 bridgehead atoms. The molecule has 22 heavy (non-hydrogen) atoms. The minimum absolute atomic E-state index is 0. The van der Waals surface area contributed by atoms with Crippen molar-refractivity contribution in [2.45, 2.75) is 12.5 Å². The van der Waals surface area contributed by atoms with Gasteiger partial charge in [-0.1, -0.05) is 12.1 Å². The summed E-state index contributed by atoms with van der Waals surface area (Å²) in [6.45, 7) is 2.54. The SMILES string of the molecule is Cl.O=C(c1nc2ccccc2c(=O)[nH]1)N1CC[C@H]2CNC[C@H]21. The maximum absolute atomic E-state index is 12.7. The van der Waals surface area contributed by atoms with Gasteiger partial charge in [-0.05, 0) is 24.5 Å². The summed E-state index contributed by atoms with van der Waals surface area (Å²) in [5.74, 6) is 0.501. The van der Waals surface area contributed by atoms with Crippen molar-refractivity contribution in [3.05, 3.63) is 40.4 Å². The lowest BCUT2D eigenvalue weighted by molar-refractivity contribution is 0.0724. The Morgan fingerprint density at radius 2 is 2.09 bits per heavy atom. The minimum Gasteiger partial charge on any atom is -0.331 e. The molecule has 2 aromatic rings. The Kier molecular flexibility index (Phi) is 3.88. The number of H-pyrrole nitrogens is 1. The van der Waals surface area contributed by atoms with E-state index >= 15 is 0 Å². The summed E-state index contributed by atoms with van der Waals surface area (Å²) in [4.78, 5) is 33.5. The molecule has 2 atom stereocenters. The summed E-state index contributed by atoms with van der Waals surface area (Å²) in [7, 11) is 0. The van der Waals surface area contributed by atoms with Gasteiger partial charge in [0.15, 0.2) is 5.82 Å². The quantitative estimate of drug-likeness (QED) is 0.814. The van der Waals surface area contributed by atoms with Crippen LogP contribution in [-0.2, 0) is 0 Å². The summed E-state index contributed by atoms with van der Waals surface area (Å²) in [6, 6.07) is 7.30. The van der Waals surface area contributed by atoms with Crippen molar-refractivity contribution in [2.24, 2.45) is 5.92 Å². The van der Waals surface area contributed by atoms with Gasteiger partial charge in [0.05, 0.1) is 10.9 Å². The number of carbonyl (C=O) groups is 1. The molecule has 116 valence electrons. The van der Waals surface area contributed by atoms with Crippen LogP contribution in [-0.4, -0.2) is 46.5 Å². The first-order valence-electron chi connectivity index (χ1n) is 7.25. The van der Waals surface area contributed by atoms with E-state index in [1.807, 2.05) is 11.0 Å². The zero-order valence-electron chi connectivity index (χ0n) is 11.9. The average Bonchev–Trinajstić information content (AvgIpc) is 3.09. The normalized spacial score (nSPS) is 23.4. The van der Waals surface area contributed by atoms with E-state index < -0.39 is 0 Å². The number of aromatic amines is 1. The number of nitrogens with one attached hydrogen (secondary N) is 2. The number of aromatic nitrogens is 2. The van der Waals surface area contributed by atoms with Gasteiger partial charge in [0, 0.05) is 25.7 Å². The fourth-order valence-electron chi connectivity index (χ4n) is 3.43. The van der Waals surface area contributed by atoms with Gasteiger partial charge in [-0.25, -0.2) is 4.98 Å². The van der Waals surface area contributed by atoms with Crippen molar-refractivity contribution in [1.82, 2.24) is 20.2 Å². The molecule has 2 aliphatic rings. The molecule has 2 fully saturated rings. The monoisotopic (exact) mass is 320 g/mol. The van der Waals surface area contributed by atoms with E-state index in [1.165, 1.54) is 0 Å². The zero-order valence-corrected chi connectivity index (χ0v) is 12.7. The Bertz CT molecular complexity index is 775. The second kappa shape index (κ2) is 5.70. The third-order valence-corrected chi connectivity index (χ3v) is 4.52. The van der Waals surface area contributed by atoms with Crippen LogP contribution in [0.4, 0.5) is 0 Å². The van der Waals surface area contributed by atoms with Crippen LogP contribution >= 0.6 is 12.4 Å². The molecule has 0 spiro atoms. The second-order valence-corrected chi connectivity index (χ2v) is 5.70. The highest BCUT2D eigenvalue weighted by atomic mass is 35.5. The first kappa shape index (κ1) is 15.0. The summed E-state index contributed by atoms with van der Waals surface area (Å²) < 4.78 is 0. The predicted octanol–water partition coefficient (Wildman–Crippen LogP) is 0.779. The maximum Gasteiger partial charge on any atom is 0.290 e. The van der Waals surface area contributed by atoms with Gasteiger partial charge in [0.2, 0.25) is 0 Å². The number of hydrogen-bond donors (Lipinski definition) is 2. The number of fused-ring (bicyclic) bond motifs is 2. The van der Waals surface area contributed by atoms with Crippen molar-refractivity contribution in [3.8, 4) is 0 Å². The van der Waals surface area contributed by atoms with Crippen LogP contribution in [0.3, 0.4) is 0 Å². The average molecular weight is 321 g/mol. The maximum atomic E-state index is 12.7. The lowest BCUT2D eigenvalue weighted by atomic mass is 10.1. The molecule has 1 amide bonds. The molecule has 2 aliphatic heterocycles. The number of benzene rings is 1. The molecule has 2 saturated heterocycles. The first-order chi connectivity index (χ1) is 10.2. The van der Waals surface area contributed by atoms with E-state index in [4.69, 9.17) is 0 Å². The Morgan fingerprint density at radius 1 is 1.27 bits per heavy atom. The molecule has 6 nitrogen and oxygen atoms in total. The summed E-state index contributed by atoms with van der Waals surface area (Å²) in [5.41, 5.74) is 0.300. The lowest BCUT2D eigenvalue weighted by Crippen LogP contribution is -2.40. The molecular formula is C15H17ClN4O2. The van der Waals surface area contributed by atoms with E-state index in [0.717, 1.165) is 26.1 Å². The van der Waals surface area contributed by atoms with E-state index in [2.05, 4.69) is 15.3 Å². The Hall–Kier alpha value is -1.92. The van der Waals surface area contributed by atoms with Crippen LogP contribution in [0, 0.1) is 5.92 Å². The summed E-state index contributed by atoms with van der Waals surface area (Å²) >= 11 is 0. The number of hydrogen-bond acceptors (Lipinski definition) is 4. The van der Waals surface area contributed by atoms with Crippen molar-refractivity contribution in [1.29, 1.82) is 0 Å². The highest BCUT2D eigenvalue weighted by Crippen LogP contribution is 2.27. The standard InChI is InChI=1S/C15H16N4O2.ClH/c20-14-10-3-1-2-4-11(10)17-13(18-14)15(21)19-6-5-9-7-16-8-12(9)19;/h1-4,9,12,16H,5-8H2,(H,17,18,20);1H/t9-,12+;/m0./s1. The molecule has 0 saturated carbocycles. The van der Waals surface area contributed by atoms with Crippen LogP contribution in [0.5, 0.6) is 0 Å². The van der Waals surface area contributed by atoms with Gasteiger partial charge >= 0.3 is 0 Å². The predicted molar refractivity (Wildman–Crippen MR) is 85.4 cm³/mol. The van der Waals surface area contributed by atoms with E-state index in [9.17, 15) is 9.59 Å². The molecule has 1 aromatic heterocycles. The molecule has 4 rings (SSSR count). The van der Waals surface area contributed by atoms with Gasteiger partial charge in [-0.3, -0.25) is 9.59 Å². The first-order valence-corrected chi connectivity index (χ1v) is 7.25. The van der Waals surface area contributed by atoms with Crippen molar-refractivity contribution >= 4 is 29.2 Å². The highest BCUT2D eigenvalue weighted by molar-refractivity contribution is 5.93. The van der Waals surface area contributed by atoms with Crippen LogP contribution in [0.25, 0.3) is 10.9 Å². The third kappa shape index (κ3) is 2.28. The van der Waals surface area contributed by atoms with Crippen LogP contribution in [0.2, 0.25) is 0 Å². The number of halogens is 1. The Morgan fingerprint density at radius 3 is 2.95 bits per heavy atom. The topological polar surface area (TPSA) is 78.1 Å². The van der Waals surface area contributed by atoms with Crippen molar-refractivity contribution < 1.29 is 4.79 Å². The number of likely N-dealkylation sites (tertiary alicyclic amines) is 1. The molecule has 7 heteroatoms. The zero-order chi connectivity index (χ0) is 14.4. The summed E-state index contributed by atoms with van der Waals surface area (Å²) in [6.07, 6.45) is 1.02. The third-order valence-electron chi connectivity index (χ3n) is 4.52. The number of nitrogens with zero attached hydrogens (tertiary/aromatic N) is 2. The Labute approximate surface area is 133 Å². The smallest absolute Gasteiger partial charge is 0.290 e. The van der Waals surface area contributed by atoms with E-state index in [1.54, 1.807) is 18.2 Å². The lowest BCUT2D eigenvalue weighted by Gasteiger charge is -2.22.